The van der Waals surface area contributed by atoms with Gasteiger partial charge in [-0.05, 0) is 19.3 Å². The van der Waals surface area contributed by atoms with Gasteiger partial charge in [0.15, 0.2) is 0 Å². The van der Waals surface area contributed by atoms with Gasteiger partial charge in [0.05, 0.1) is 11.7 Å². The van der Waals surface area contributed by atoms with Crippen LogP contribution in [0.3, 0.4) is 0 Å². The van der Waals surface area contributed by atoms with E-state index in [2.05, 4.69) is 6.92 Å². The molecule has 1 aliphatic carbocycles. The van der Waals surface area contributed by atoms with E-state index in [1.165, 1.54) is 32.1 Å². The molecule has 84 valence electrons. The van der Waals surface area contributed by atoms with Crippen LogP contribution < -0.4 is 0 Å². The van der Waals surface area contributed by atoms with Crippen molar-refractivity contribution in [3.63, 3.8) is 0 Å². The normalized spacial score (nSPS) is 20.8. The lowest BCUT2D eigenvalue weighted by molar-refractivity contribution is -0.00614. The highest BCUT2D eigenvalue weighted by Gasteiger charge is 2.46. The zero-order chi connectivity index (χ0) is 10.4. The third kappa shape index (κ3) is 3.97. The fraction of sp³-hybridized carbons (Fsp3) is 1.00. The number of hydrogen-bond donors (Lipinski definition) is 2. The third-order valence-corrected chi connectivity index (χ3v) is 3.21. The highest BCUT2D eigenvalue weighted by molar-refractivity contribution is 4.99. The molecule has 0 aliphatic heterocycles. The molecule has 1 fully saturated rings. The van der Waals surface area contributed by atoms with Crippen LogP contribution in [0.5, 0.6) is 0 Å². The molecule has 0 amide bonds. The zero-order valence-corrected chi connectivity index (χ0v) is 9.34. The number of aliphatic hydroxyl groups is 2. The number of unbranched alkanes of at least 4 members (excludes halogenated alkanes) is 5. The number of aliphatic hydroxyl groups excluding tert-OH is 1. The average Bonchev–Trinajstić information content (AvgIpc) is 2.91. The first kappa shape index (κ1) is 12.0. The molecule has 1 rings (SSSR count). The third-order valence-electron chi connectivity index (χ3n) is 3.21. The Morgan fingerprint density at radius 1 is 1.07 bits per heavy atom. The molecule has 1 aliphatic rings. The molecule has 0 heterocycles. The zero-order valence-electron chi connectivity index (χ0n) is 9.34. The fourth-order valence-electron chi connectivity index (χ4n) is 1.85. The molecule has 0 spiro atoms. The van der Waals surface area contributed by atoms with Crippen LogP contribution in [0, 0.1) is 0 Å². The largest absolute Gasteiger partial charge is 0.390 e. The van der Waals surface area contributed by atoms with Crippen molar-refractivity contribution in [3.05, 3.63) is 0 Å². The van der Waals surface area contributed by atoms with E-state index < -0.39 is 11.7 Å². The van der Waals surface area contributed by atoms with Crippen LogP contribution >= 0.6 is 0 Å². The summed E-state index contributed by atoms with van der Waals surface area (Å²) in [5, 5.41) is 19.2. The Hall–Kier alpha value is -0.0800. The lowest BCUT2D eigenvalue weighted by Crippen LogP contribution is -2.27. The molecule has 0 unspecified atom stereocenters. The topological polar surface area (TPSA) is 40.5 Å². The molecule has 1 atom stereocenters. The lowest BCUT2D eigenvalue weighted by atomic mass is 10.0. The van der Waals surface area contributed by atoms with Crippen molar-refractivity contribution in [2.45, 2.75) is 76.4 Å². The summed E-state index contributed by atoms with van der Waals surface area (Å²) in [5.41, 5.74) is -0.691. The number of rotatable bonds is 8. The highest BCUT2D eigenvalue weighted by Crippen LogP contribution is 2.40. The Morgan fingerprint density at radius 3 is 2.21 bits per heavy atom. The van der Waals surface area contributed by atoms with Crippen molar-refractivity contribution in [1.29, 1.82) is 0 Å². The summed E-state index contributed by atoms with van der Waals surface area (Å²) in [5.74, 6) is 0. The molecule has 2 heteroatoms. The molecule has 0 radical (unpaired) electrons. The summed E-state index contributed by atoms with van der Waals surface area (Å²) in [6.07, 6.45) is 9.37. The van der Waals surface area contributed by atoms with Gasteiger partial charge in [-0.2, -0.15) is 0 Å². The maximum absolute atomic E-state index is 9.60. The number of hydrogen-bond acceptors (Lipinski definition) is 2. The minimum atomic E-state index is -0.691. The summed E-state index contributed by atoms with van der Waals surface area (Å²) in [7, 11) is 0. The minimum Gasteiger partial charge on any atom is -0.390 e. The van der Waals surface area contributed by atoms with Gasteiger partial charge in [0.2, 0.25) is 0 Å². The molecule has 2 nitrogen and oxygen atoms in total. The van der Waals surface area contributed by atoms with Crippen LogP contribution in [0.1, 0.15) is 64.7 Å². The van der Waals surface area contributed by atoms with Gasteiger partial charge in [0.1, 0.15) is 0 Å². The van der Waals surface area contributed by atoms with Crippen LogP contribution in [0.2, 0.25) is 0 Å². The van der Waals surface area contributed by atoms with Gasteiger partial charge in [0.25, 0.3) is 0 Å². The van der Waals surface area contributed by atoms with E-state index in [9.17, 15) is 10.2 Å². The van der Waals surface area contributed by atoms with Crippen molar-refractivity contribution < 1.29 is 10.2 Å². The predicted molar refractivity (Wildman–Crippen MR) is 58.2 cm³/mol. The molecule has 0 bridgehead atoms. The second-order valence-corrected chi connectivity index (χ2v) is 4.68. The Kier molecular flexibility index (Phi) is 4.90. The molecule has 2 N–H and O–H groups in total. The maximum atomic E-state index is 9.60. The fourth-order valence-corrected chi connectivity index (χ4v) is 1.85. The Bertz CT molecular complexity index is 152. The first-order chi connectivity index (χ1) is 6.69. The second-order valence-electron chi connectivity index (χ2n) is 4.68. The van der Waals surface area contributed by atoms with Gasteiger partial charge >= 0.3 is 0 Å². The molecule has 0 aromatic rings. The monoisotopic (exact) mass is 200 g/mol. The predicted octanol–water partition coefficient (Wildman–Crippen LogP) is 2.62. The van der Waals surface area contributed by atoms with Gasteiger partial charge in [-0.1, -0.05) is 45.4 Å². The summed E-state index contributed by atoms with van der Waals surface area (Å²) >= 11 is 0. The van der Waals surface area contributed by atoms with Gasteiger partial charge in [-0.15, -0.1) is 0 Å². The van der Waals surface area contributed by atoms with E-state index in [1.54, 1.807) is 0 Å². The highest BCUT2D eigenvalue weighted by atomic mass is 16.3. The quantitative estimate of drug-likeness (QED) is 0.591. The van der Waals surface area contributed by atoms with Crippen LogP contribution in [0.25, 0.3) is 0 Å². The Morgan fingerprint density at radius 2 is 1.64 bits per heavy atom. The van der Waals surface area contributed by atoms with Crippen molar-refractivity contribution in [1.82, 2.24) is 0 Å². The summed E-state index contributed by atoms with van der Waals surface area (Å²) in [6, 6.07) is 0. The van der Waals surface area contributed by atoms with E-state index in [-0.39, 0.29) is 0 Å². The van der Waals surface area contributed by atoms with Crippen LogP contribution in [-0.4, -0.2) is 21.9 Å². The van der Waals surface area contributed by atoms with Crippen LogP contribution in [0.15, 0.2) is 0 Å². The van der Waals surface area contributed by atoms with E-state index in [0.29, 0.717) is 0 Å². The SMILES string of the molecule is CCCCCCCC[C@@H](O)C1(O)CC1. The lowest BCUT2D eigenvalue weighted by Gasteiger charge is -2.15. The molecule has 14 heavy (non-hydrogen) atoms. The first-order valence-electron chi connectivity index (χ1n) is 6.09. The molecule has 1 saturated carbocycles. The molecule has 0 saturated heterocycles. The Balaban J connectivity index is 1.88. The Labute approximate surface area is 87.3 Å². The van der Waals surface area contributed by atoms with E-state index in [0.717, 1.165) is 25.7 Å². The molecular weight excluding hydrogens is 176 g/mol. The first-order valence-corrected chi connectivity index (χ1v) is 6.09. The molecule has 0 aromatic carbocycles. The standard InChI is InChI=1S/C12H24O2/c1-2-3-4-5-6-7-8-11(13)12(14)9-10-12/h11,13-14H,2-10H2,1H3/t11-/m1/s1. The van der Waals surface area contributed by atoms with Crippen LogP contribution in [-0.2, 0) is 0 Å². The second kappa shape index (κ2) is 5.72. The van der Waals surface area contributed by atoms with Crippen LogP contribution in [0.4, 0.5) is 0 Å². The van der Waals surface area contributed by atoms with Gasteiger partial charge in [-0.3, -0.25) is 0 Å². The van der Waals surface area contributed by atoms with Gasteiger partial charge in [0, 0.05) is 0 Å². The smallest absolute Gasteiger partial charge is 0.0907 e. The minimum absolute atomic E-state index is 0.464. The van der Waals surface area contributed by atoms with Crippen molar-refractivity contribution >= 4 is 0 Å². The van der Waals surface area contributed by atoms with Gasteiger partial charge < -0.3 is 10.2 Å². The van der Waals surface area contributed by atoms with Crippen molar-refractivity contribution in [2.75, 3.05) is 0 Å². The van der Waals surface area contributed by atoms with E-state index in [4.69, 9.17) is 0 Å². The molecular formula is C12H24O2. The summed E-state index contributed by atoms with van der Waals surface area (Å²) in [4.78, 5) is 0. The van der Waals surface area contributed by atoms with Crippen molar-refractivity contribution in [2.24, 2.45) is 0 Å². The summed E-state index contributed by atoms with van der Waals surface area (Å²) < 4.78 is 0. The van der Waals surface area contributed by atoms with Gasteiger partial charge in [-0.25, -0.2) is 0 Å². The molecule has 0 aromatic heterocycles. The average molecular weight is 200 g/mol. The van der Waals surface area contributed by atoms with E-state index in [1.807, 2.05) is 0 Å². The van der Waals surface area contributed by atoms with E-state index >= 15 is 0 Å². The van der Waals surface area contributed by atoms with Crippen molar-refractivity contribution in [3.8, 4) is 0 Å². The maximum Gasteiger partial charge on any atom is 0.0907 e. The summed E-state index contributed by atoms with van der Waals surface area (Å²) in [6.45, 7) is 2.21.